The van der Waals surface area contributed by atoms with Gasteiger partial charge in [0.05, 0.1) is 18.3 Å². The molecule has 7 nitrogen and oxygen atoms in total. The van der Waals surface area contributed by atoms with Crippen LogP contribution in [-0.2, 0) is 11.2 Å². The maximum atomic E-state index is 11.9. The largest absolute Gasteiger partial charge is 0.397 e. The van der Waals surface area contributed by atoms with E-state index in [0.717, 1.165) is 0 Å². The molecule has 0 aliphatic heterocycles. The molecule has 0 spiro atoms. The molecule has 0 atom stereocenters. The lowest BCUT2D eigenvalue weighted by molar-refractivity contribution is -0.115. The van der Waals surface area contributed by atoms with Gasteiger partial charge < -0.3 is 22.1 Å². The lowest BCUT2D eigenvalue weighted by atomic mass is 10.2. The highest BCUT2D eigenvalue weighted by atomic mass is 16.2. The smallest absolute Gasteiger partial charge is 0.316 e. The molecule has 7 heteroatoms. The third kappa shape index (κ3) is 4.50. The summed E-state index contributed by atoms with van der Waals surface area (Å²) in [4.78, 5) is 26.7. The number of carbonyl (C=O) groups excluding carboxylic acids is 2. The third-order valence-electron chi connectivity index (χ3n) is 2.60. The fourth-order valence-electron chi connectivity index (χ4n) is 1.73. The first-order chi connectivity index (χ1) is 10.0. The Hall–Kier alpha value is -3.09. The summed E-state index contributed by atoms with van der Waals surface area (Å²) < 4.78 is 0. The number of nitrogens with two attached hydrogens (primary N) is 2. The average Bonchev–Trinajstić information content (AvgIpc) is 2.41. The number of hydrogen-bond acceptors (Lipinski definition) is 4. The van der Waals surface area contributed by atoms with E-state index in [1.807, 2.05) is 0 Å². The summed E-state index contributed by atoms with van der Waals surface area (Å²) in [5, 5.41) is 5.15. The lowest BCUT2D eigenvalue weighted by Crippen LogP contribution is -2.19. The van der Waals surface area contributed by atoms with Crippen LogP contribution in [-0.4, -0.2) is 16.9 Å². The van der Waals surface area contributed by atoms with Gasteiger partial charge in [0.25, 0.3) is 0 Å². The van der Waals surface area contributed by atoms with Gasteiger partial charge in [-0.05, 0) is 30.3 Å². The standard InChI is InChI=1S/C14H15N5O2/c15-9-4-5-10(17-8-9)7-13(20)18-11-2-1-3-12(6-11)19-14(16)21/h1-6,8H,7,15H2,(H,18,20)(H3,16,19,21). The Bertz CT molecular complexity index is 655. The lowest BCUT2D eigenvalue weighted by Gasteiger charge is -2.07. The van der Waals surface area contributed by atoms with Gasteiger partial charge in [0, 0.05) is 17.1 Å². The van der Waals surface area contributed by atoms with Crippen LogP contribution in [0.5, 0.6) is 0 Å². The van der Waals surface area contributed by atoms with Crippen molar-refractivity contribution in [1.29, 1.82) is 0 Å². The molecule has 2 rings (SSSR count). The number of primary amides is 1. The van der Waals surface area contributed by atoms with E-state index in [1.165, 1.54) is 6.20 Å². The van der Waals surface area contributed by atoms with Crippen molar-refractivity contribution in [1.82, 2.24) is 4.98 Å². The molecule has 0 aliphatic carbocycles. The number of nitrogens with one attached hydrogen (secondary N) is 2. The minimum absolute atomic E-state index is 0.133. The zero-order chi connectivity index (χ0) is 15.2. The number of benzene rings is 1. The number of pyridine rings is 1. The quantitative estimate of drug-likeness (QED) is 0.676. The van der Waals surface area contributed by atoms with E-state index in [1.54, 1.807) is 36.4 Å². The van der Waals surface area contributed by atoms with Crippen molar-refractivity contribution in [3.05, 3.63) is 48.3 Å². The van der Waals surface area contributed by atoms with E-state index >= 15 is 0 Å². The van der Waals surface area contributed by atoms with Gasteiger partial charge in [0.15, 0.2) is 0 Å². The predicted octanol–water partition coefficient (Wildman–Crippen LogP) is 1.34. The second kappa shape index (κ2) is 6.38. The van der Waals surface area contributed by atoms with Gasteiger partial charge in [-0.2, -0.15) is 0 Å². The maximum Gasteiger partial charge on any atom is 0.316 e. The summed E-state index contributed by atoms with van der Waals surface area (Å²) in [7, 11) is 0. The van der Waals surface area contributed by atoms with Crippen molar-refractivity contribution in [2.75, 3.05) is 16.4 Å². The molecule has 3 amide bonds. The van der Waals surface area contributed by atoms with E-state index in [9.17, 15) is 9.59 Å². The van der Waals surface area contributed by atoms with Crippen LogP contribution < -0.4 is 22.1 Å². The first-order valence-corrected chi connectivity index (χ1v) is 6.20. The summed E-state index contributed by atoms with van der Waals surface area (Å²) >= 11 is 0. The average molecular weight is 285 g/mol. The van der Waals surface area contributed by atoms with Crippen molar-refractivity contribution in [2.45, 2.75) is 6.42 Å². The van der Waals surface area contributed by atoms with Crippen LogP contribution in [0.2, 0.25) is 0 Å². The highest BCUT2D eigenvalue weighted by Gasteiger charge is 2.06. The summed E-state index contributed by atoms with van der Waals surface area (Å²) in [6, 6.07) is 9.40. The summed E-state index contributed by atoms with van der Waals surface area (Å²) in [5.74, 6) is -0.219. The highest BCUT2D eigenvalue weighted by Crippen LogP contribution is 2.15. The van der Waals surface area contributed by atoms with Crippen LogP contribution in [0, 0.1) is 0 Å². The minimum Gasteiger partial charge on any atom is -0.397 e. The number of hydrogen-bond donors (Lipinski definition) is 4. The Morgan fingerprint density at radius 1 is 1.10 bits per heavy atom. The minimum atomic E-state index is -0.662. The molecule has 2 aromatic rings. The Labute approximate surface area is 121 Å². The van der Waals surface area contributed by atoms with Crippen molar-refractivity contribution in [3.8, 4) is 0 Å². The topological polar surface area (TPSA) is 123 Å². The SMILES string of the molecule is NC(=O)Nc1cccc(NC(=O)Cc2ccc(N)cn2)c1. The van der Waals surface area contributed by atoms with Crippen LogP contribution >= 0.6 is 0 Å². The second-order valence-corrected chi connectivity index (χ2v) is 4.38. The fourth-order valence-corrected chi connectivity index (χ4v) is 1.73. The van der Waals surface area contributed by atoms with E-state index in [0.29, 0.717) is 22.8 Å². The van der Waals surface area contributed by atoms with E-state index < -0.39 is 6.03 Å². The Balaban J connectivity index is 1.99. The molecule has 21 heavy (non-hydrogen) atoms. The molecule has 0 bridgehead atoms. The first kappa shape index (κ1) is 14.3. The Morgan fingerprint density at radius 2 is 1.81 bits per heavy atom. The fraction of sp³-hybridized carbons (Fsp3) is 0.0714. The molecule has 1 aromatic carbocycles. The zero-order valence-corrected chi connectivity index (χ0v) is 11.2. The van der Waals surface area contributed by atoms with Crippen molar-refractivity contribution in [3.63, 3.8) is 0 Å². The van der Waals surface area contributed by atoms with Crippen LogP contribution in [0.15, 0.2) is 42.6 Å². The monoisotopic (exact) mass is 285 g/mol. The number of aromatic nitrogens is 1. The molecule has 0 aliphatic rings. The number of anilines is 3. The van der Waals surface area contributed by atoms with Gasteiger partial charge in [-0.3, -0.25) is 9.78 Å². The molecule has 0 radical (unpaired) electrons. The van der Waals surface area contributed by atoms with E-state index in [2.05, 4.69) is 15.6 Å². The molecule has 6 N–H and O–H groups in total. The molecule has 0 unspecified atom stereocenters. The molecule has 1 heterocycles. The zero-order valence-electron chi connectivity index (χ0n) is 11.2. The molecule has 108 valence electrons. The number of rotatable bonds is 4. The normalized spacial score (nSPS) is 9.90. The number of amides is 3. The molecule has 0 saturated carbocycles. The van der Waals surface area contributed by atoms with Crippen LogP contribution in [0.1, 0.15) is 5.69 Å². The number of nitrogen functional groups attached to an aromatic ring is 1. The number of carbonyl (C=O) groups is 2. The highest BCUT2D eigenvalue weighted by molar-refractivity contribution is 5.93. The number of nitrogens with zero attached hydrogens (tertiary/aromatic N) is 1. The molecule has 0 fully saturated rings. The van der Waals surface area contributed by atoms with Gasteiger partial charge in [-0.25, -0.2) is 4.79 Å². The molecular formula is C14H15N5O2. The van der Waals surface area contributed by atoms with Gasteiger partial charge in [-0.15, -0.1) is 0 Å². The van der Waals surface area contributed by atoms with Crippen molar-refractivity contribution < 1.29 is 9.59 Å². The molecule has 0 saturated heterocycles. The van der Waals surface area contributed by atoms with Crippen molar-refractivity contribution in [2.24, 2.45) is 5.73 Å². The maximum absolute atomic E-state index is 11.9. The van der Waals surface area contributed by atoms with E-state index in [-0.39, 0.29) is 12.3 Å². The predicted molar refractivity (Wildman–Crippen MR) is 80.6 cm³/mol. The summed E-state index contributed by atoms with van der Waals surface area (Å²) in [6.45, 7) is 0. The van der Waals surface area contributed by atoms with Crippen molar-refractivity contribution >= 4 is 29.0 Å². The first-order valence-electron chi connectivity index (χ1n) is 6.20. The van der Waals surface area contributed by atoms with Crippen LogP contribution in [0.4, 0.5) is 21.9 Å². The van der Waals surface area contributed by atoms with Gasteiger partial charge in [0.1, 0.15) is 0 Å². The number of urea groups is 1. The Morgan fingerprint density at radius 3 is 2.43 bits per heavy atom. The molecular weight excluding hydrogens is 270 g/mol. The van der Waals surface area contributed by atoms with Gasteiger partial charge >= 0.3 is 6.03 Å². The van der Waals surface area contributed by atoms with Gasteiger partial charge in [0.2, 0.25) is 5.91 Å². The van der Waals surface area contributed by atoms with E-state index in [4.69, 9.17) is 11.5 Å². The third-order valence-corrected chi connectivity index (χ3v) is 2.60. The summed E-state index contributed by atoms with van der Waals surface area (Å²) in [6.07, 6.45) is 1.63. The van der Waals surface area contributed by atoms with Crippen LogP contribution in [0.25, 0.3) is 0 Å². The Kier molecular flexibility index (Phi) is 4.35. The summed E-state index contributed by atoms with van der Waals surface area (Å²) in [5.41, 5.74) is 12.8. The second-order valence-electron chi connectivity index (χ2n) is 4.38. The van der Waals surface area contributed by atoms with Gasteiger partial charge in [-0.1, -0.05) is 6.07 Å². The molecule has 1 aromatic heterocycles. The van der Waals surface area contributed by atoms with Crippen LogP contribution in [0.3, 0.4) is 0 Å².